The first-order valence-electron chi connectivity index (χ1n) is 5.30. The van der Waals surface area contributed by atoms with Crippen molar-refractivity contribution in [2.45, 2.75) is 13.0 Å². The van der Waals surface area contributed by atoms with Crippen LogP contribution in [-0.4, -0.2) is 4.98 Å². The van der Waals surface area contributed by atoms with Crippen LogP contribution in [0.1, 0.15) is 18.1 Å². The molecule has 0 aliphatic heterocycles. The van der Waals surface area contributed by atoms with Gasteiger partial charge in [0.05, 0.1) is 14.0 Å². The number of nitrogens with zero attached hydrogens (tertiary/aromatic N) is 1. The van der Waals surface area contributed by atoms with E-state index < -0.39 is 42.2 Å². The number of anilines is 1. The normalized spacial score (nSPS) is 18.8. The Kier molecular flexibility index (Phi) is 0.910. The number of halogens is 3. The van der Waals surface area contributed by atoms with E-state index in [1.54, 1.807) is 0 Å². The topological polar surface area (TPSA) is 38.9 Å². The maximum atomic E-state index is 12.6. The second-order valence-electron chi connectivity index (χ2n) is 1.97. The molecule has 12 heavy (non-hydrogen) atoms. The Bertz CT molecular complexity index is 454. The summed E-state index contributed by atoms with van der Waals surface area (Å²) in [6.07, 6.45) is -5.07. The van der Waals surface area contributed by atoms with Crippen molar-refractivity contribution in [3.63, 3.8) is 0 Å². The van der Waals surface area contributed by atoms with Gasteiger partial charge in [0.1, 0.15) is 5.82 Å². The maximum absolute atomic E-state index is 12.6. The van der Waals surface area contributed by atoms with Crippen molar-refractivity contribution in [2.24, 2.45) is 0 Å². The summed E-state index contributed by atoms with van der Waals surface area (Å²) in [5, 5.41) is 0. The largest absolute Gasteiger partial charge is 0.418 e. The molecule has 0 atom stereocenters. The summed E-state index contributed by atoms with van der Waals surface area (Å²) in [4.78, 5) is 3.06. The lowest BCUT2D eigenvalue weighted by Crippen LogP contribution is -2.09. The zero-order chi connectivity index (χ0) is 13.6. The zero-order valence-electron chi connectivity index (χ0n) is 10.7. The minimum Gasteiger partial charge on any atom is -0.384 e. The van der Waals surface area contributed by atoms with Crippen LogP contribution in [0, 0.1) is 6.85 Å². The molecule has 0 unspecified atom stereocenters. The monoisotopic (exact) mass is 181 g/mol. The molecule has 0 aliphatic carbocycles. The minimum atomic E-state index is -5.07. The fourth-order valence-electron chi connectivity index (χ4n) is 0.595. The molecule has 2 nitrogen and oxygen atoms in total. The molecule has 0 fully saturated rings. The Morgan fingerprint density at radius 3 is 2.75 bits per heavy atom. The van der Waals surface area contributed by atoms with Gasteiger partial charge in [-0.3, -0.25) is 0 Å². The summed E-state index contributed by atoms with van der Waals surface area (Å²) in [5.74, 6) is -0.714. The lowest BCUT2D eigenvalue weighted by atomic mass is 10.2. The molecule has 0 bridgehead atoms. The van der Waals surface area contributed by atoms with Crippen LogP contribution in [-0.2, 0) is 6.18 Å². The molecule has 0 aromatic carbocycles. The van der Waals surface area contributed by atoms with Crippen LogP contribution >= 0.6 is 0 Å². The SMILES string of the molecule is [2H]c1c(N)nc(C([2H])([2H])[2H])c(C(F)(F)F)c1[2H]. The van der Waals surface area contributed by atoms with Crippen molar-refractivity contribution in [3.05, 3.63) is 23.3 Å². The van der Waals surface area contributed by atoms with Crippen molar-refractivity contribution in [3.8, 4) is 0 Å². The van der Waals surface area contributed by atoms with E-state index in [0.717, 1.165) is 0 Å². The number of rotatable bonds is 0. The molecule has 2 N–H and O–H groups in total. The minimum absolute atomic E-state index is 0.714. The lowest BCUT2D eigenvalue weighted by molar-refractivity contribution is -0.138. The van der Waals surface area contributed by atoms with Gasteiger partial charge < -0.3 is 5.73 Å². The van der Waals surface area contributed by atoms with Crippen molar-refractivity contribution in [2.75, 3.05) is 5.73 Å². The molecule has 0 radical (unpaired) electrons. The maximum Gasteiger partial charge on any atom is 0.418 e. The van der Waals surface area contributed by atoms with Gasteiger partial charge in [0.2, 0.25) is 0 Å². The highest BCUT2D eigenvalue weighted by molar-refractivity contribution is 5.34. The van der Waals surface area contributed by atoms with Gasteiger partial charge in [-0.15, -0.1) is 0 Å². The number of hydrogen-bond acceptors (Lipinski definition) is 2. The fourth-order valence-corrected chi connectivity index (χ4v) is 0.595. The highest BCUT2D eigenvalue weighted by atomic mass is 19.4. The van der Waals surface area contributed by atoms with Gasteiger partial charge in [-0.2, -0.15) is 13.2 Å². The van der Waals surface area contributed by atoms with Crippen LogP contribution in [0.15, 0.2) is 12.1 Å². The summed E-state index contributed by atoms with van der Waals surface area (Å²) < 4.78 is 72.9. The molecular weight excluding hydrogens is 169 g/mol. The molecule has 0 amide bonds. The van der Waals surface area contributed by atoms with E-state index >= 15 is 0 Å². The smallest absolute Gasteiger partial charge is 0.384 e. The first kappa shape index (κ1) is 4.11. The third-order valence-corrected chi connectivity index (χ3v) is 1.07. The zero-order valence-corrected chi connectivity index (χ0v) is 5.66. The molecule has 1 heterocycles. The van der Waals surface area contributed by atoms with Gasteiger partial charge in [-0.05, 0) is 18.9 Å². The fraction of sp³-hybridized carbons (Fsp3) is 0.286. The Hall–Kier alpha value is -1.26. The Morgan fingerprint density at radius 1 is 1.58 bits per heavy atom. The molecule has 0 spiro atoms. The molecule has 0 aliphatic rings. The highest BCUT2D eigenvalue weighted by Gasteiger charge is 2.32. The number of hydrogen-bond donors (Lipinski definition) is 1. The molecular formula is C7H7F3N2. The van der Waals surface area contributed by atoms with Crippen molar-refractivity contribution >= 4 is 5.82 Å². The molecule has 66 valence electrons. The van der Waals surface area contributed by atoms with Crippen LogP contribution in [0.4, 0.5) is 19.0 Å². The van der Waals surface area contributed by atoms with E-state index in [0.29, 0.717) is 0 Å². The summed E-state index contributed by atoms with van der Waals surface area (Å²) in [7, 11) is 0. The van der Waals surface area contributed by atoms with Gasteiger partial charge in [0.25, 0.3) is 0 Å². The van der Waals surface area contributed by atoms with Crippen LogP contribution < -0.4 is 5.73 Å². The summed E-state index contributed by atoms with van der Waals surface area (Å²) in [6.45, 7) is -3.15. The standard InChI is InChI=1S/C7H7F3N2/c1-4-5(7(8,9)10)2-3-6(11)12-4/h2-3H,1H3,(H2,11,12)/i1D3,2D,3D. The second-order valence-corrected chi connectivity index (χ2v) is 1.97. The average molecular weight is 181 g/mol. The van der Waals surface area contributed by atoms with Gasteiger partial charge in [0, 0.05) is 4.11 Å². The third kappa shape index (κ3) is 1.66. The average Bonchev–Trinajstić information content (AvgIpc) is 2.09. The van der Waals surface area contributed by atoms with Gasteiger partial charge >= 0.3 is 6.18 Å². The van der Waals surface area contributed by atoms with Gasteiger partial charge in [-0.25, -0.2) is 4.98 Å². The molecule has 1 rings (SSSR count). The number of pyridine rings is 1. The van der Waals surface area contributed by atoms with E-state index in [2.05, 4.69) is 4.98 Å². The van der Waals surface area contributed by atoms with Crippen molar-refractivity contribution in [1.82, 2.24) is 4.98 Å². The molecule has 1 aromatic rings. The molecule has 0 saturated carbocycles. The number of nitrogen functional groups attached to an aromatic ring is 1. The first-order valence-corrected chi connectivity index (χ1v) is 2.80. The Morgan fingerprint density at radius 2 is 2.25 bits per heavy atom. The van der Waals surface area contributed by atoms with Gasteiger partial charge in [-0.1, -0.05) is 0 Å². The van der Waals surface area contributed by atoms with Crippen LogP contribution in [0.2, 0.25) is 0 Å². The third-order valence-electron chi connectivity index (χ3n) is 1.07. The van der Waals surface area contributed by atoms with Crippen molar-refractivity contribution in [1.29, 1.82) is 0 Å². The number of aromatic nitrogens is 1. The lowest BCUT2D eigenvalue weighted by Gasteiger charge is -2.08. The molecule has 5 heteroatoms. The second kappa shape index (κ2) is 2.66. The van der Waals surface area contributed by atoms with E-state index in [4.69, 9.17) is 12.6 Å². The van der Waals surface area contributed by atoms with Crippen LogP contribution in [0.3, 0.4) is 0 Å². The number of nitrogens with two attached hydrogens (primary N) is 1. The predicted molar refractivity (Wildman–Crippen MR) is 38.4 cm³/mol. The van der Waals surface area contributed by atoms with Crippen molar-refractivity contribution < 1.29 is 20.0 Å². The summed E-state index contributed by atoms with van der Waals surface area (Å²) in [6, 6.07) is -2.22. The molecule has 1 aromatic heterocycles. The molecule has 0 saturated heterocycles. The van der Waals surface area contributed by atoms with E-state index in [9.17, 15) is 13.2 Å². The van der Waals surface area contributed by atoms with Crippen LogP contribution in [0.25, 0.3) is 0 Å². The van der Waals surface area contributed by atoms with E-state index in [-0.39, 0.29) is 0 Å². The van der Waals surface area contributed by atoms with Crippen LogP contribution in [0.5, 0.6) is 0 Å². The van der Waals surface area contributed by atoms with E-state index in [1.165, 1.54) is 0 Å². The highest BCUT2D eigenvalue weighted by Crippen LogP contribution is 2.31. The number of alkyl halides is 3. The number of aryl methyl sites for hydroxylation is 1. The first-order chi connectivity index (χ1) is 7.46. The predicted octanol–water partition coefficient (Wildman–Crippen LogP) is 1.99. The Labute approximate surface area is 74.2 Å². The quantitative estimate of drug-likeness (QED) is 0.664. The van der Waals surface area contributed by atoms with Gasteiger partial charge in [0.15, 0.2) is 0 Å². The Balaban J connectivity index is 3.71. The summed E-state index contributed by atoms with van der Waals surface area (Å²) >= 11 is 0. The summed E-state index contributed by atoms with van der Waals surface area (Å²) in [5.41, 5.74) is 2.05. The van der Waals surface area contributed by atoms with E-state index in [1.807, 2.05) is 0 Å².